The number of hydrogen-bond donors (Lipinski definition) is 0. The second kappa shape index (κ2) is 12.0. The molecule has 0 aliphatic rings. The van der Waals surface area contributed by atoms with Gasteiger partial charge in [-0.05, 0) is 0 Å². The molecule has 26 heavy (non-hydrogen) atoms. The van der Waals surface area contributed by atoms with Gasteiger partial charge < -0.3 is 0 Å². The minimum absolute atomic E-state index is 0.698. The van der Waals surface area contributed by atoms with Crippen molar-refractivity contribution < 1.29 is 18.1 Å². The standard InChI is InChI=1S/C9H9Cl12O4P/c10-4(11)7(16,17)1-23-26(22,24-2-8(18,19)5(12)13)25-3-9(20,21)6(14)15/h4-6H,1-3H2. The van der Waals surface area contributed by atoms with Crippen molar-refractivity contribution in [2.24, 2.45) is 0 Å². The van der Waals surface area contributed by atoms with E-state index in [9.17, 15) is 4.57 Å². The van der Waals surface area contributed by atoms with E-state index >= 15 is 0 Å². The van der Waals surface area contributed by atoms with E-state index in [0.717, 1.165) is 0 Å². The van der Waals surface area contributed by atoms with Crippen molar-refractivity contribution in [3.8, 4) is 0 Å². The van der Waals surface area contributed by atoms with E-state index in [1.165, 1.54) is 0 Å². The van der Waals surface area contributed by atoms with Crippen molar-refractivity contribution in [2.75, 3.05) is 19.8 Å². The van der Waals surface area contributed by atoms with E-state index in [2.05, 4.69) is 0 Å². The van der Waals surface area contributed by atoms with Gasteiger partial charge in [0.2, 0.25) is 0 Å². The summed E-state index contributed by atoms with van der Waals surface area (Å²) in [5.41, 5.74) is 0. The Hall–Kier alpha value is 3.59. The van der Waals surface area contributed by atoms with Gasteiger partial charge in [0, 0.05) is 0 Å². The molecule has 0 aromatic rings. The number of hydrogen-bond acceptors (Lipinski definition) is 4. The second-order valence-electron chi connectivity index (χ2n) is 4.45. The number of phosphoric ester groups is 1. The molecule has 0 amide bonds. The maximum atomic E-state index is 12.7. The van der Waals surface area contributed by atoms with Crippen LogP contribution in [0.2, 0.25) is 0 Å². The van der Waals surface area contributed by atoms with Gasteiger partial charge in [0.05, 0.1) is 19.8 Å². The predicted molar refractivity (Wildman–Crippen MR) is 115 cm³/mol. The topological polar surface area (TPSA) is 44.8 Å². The highest BCUT2D eigenvalue weighted by molar-refractivity contribution is 7.48. The highest BCUT2D eigenvalue weighted by Gasteiger charge is 2.43. The van der Waals surface area contributed by atoms with Crippen LogP contribution in [-0.4, -0.2) is 47.3 Å². The Morgan fingerprint density at radius 3 is 0.923 bits per heavy atom. The SMILES string of the molecule is O=P(OCC(Cl)(Cl)C(Cl)Cl)(OCC(Cl)(Cl)C(Cl)Cl)OCC(Cl)(Cl)C(Cl)Cl. The van der Waals surface area contributed by atoms with Crippen molar-refractivity contribution in [1.82, 2.24) is 0 Å². The maximum absolute atomic E-state index is 12.7. The molecule has 0 saturated carbocycles. The van der Waals surface area contributed by atoms with Gasteiger partial charge in [0.25, 0.3) is 0 Å². The summed E-state index contributed by atoms with van der Waals surface area (Å²) in [5, 5.41) is 0. The molecule has 0 aliphatic heterocycles. The maximum Gasteiger partial charge on any atom is 0.475 e. The third-order valence-corrected chi connectivity index (χ3v) is 9.08. The molecule has 0 N–H and O–H groups in total. The lowest BCUT2D eigenvalue weighted by atomic mass is 10.5. The van der Waals surface area contributed by atoms with Crippen LogP contribution >= 0.6 is 147 Å². The van der Waals surface area contributed by atoms with Crippen molar-refractivity contribution in [2.45, 2.75) is 27.5 Å². The minimum Gasteiger partial charge on any atom is -0.284 e. The second-order valence-corrected chi connectivity index (χ2v) is 14.0. The van der Waals surface area contributed by atoms with Crippen LogP contribution in [-0.2, 0) is 18.1 Å². The molecule has 158 valence electrons. The monoisotopic (exact) mass is 632 g/mol. The van der Waals surface area contributed by atoms with Crippen molar-refractivity contribution in [1.29, 1.82) is 0 Å². The minimum atomic E-state index is -4.49. The van der Waals surface area contributed by atoms with Crippen LogP contribution in [0, 0.1) is 0 Å². The normalized spacial score (nSPS) is 14.7. The van der Waals surface area contributed by atoms with E-state index < -0.39 is 55.2 Å². The first-order valence-electron chi connectivity index (χ1n) is 5.97. The van der Waals surface area contributed by atoms with Gasteiger partial charge in [-0.3, -0.25) is 13.6 Å². The molecule has 0 atom stereocenters. The zero-order valence-corrected chi connectivity index (χ0v) is 21.9. The largest absolute Gasteiger partial charge is 0.475 e. The van der Waals surface area contributed by atoms with Crippen molar-refractivity contribution >= 4 is 147 Å². The number of halogens is 12. The van der Waals surface area contributed by atoms with E-state index in [4.69, 9.17) is 153 Å². The first-order valence-corrected chi connectivity index (χ1v) is 12.3. The van der Waals surface area contributed by atoms with Crippen LogP contribution < -0.4 is 0 Å². The third-order valence-electron chi connectivity index (χ3n) is 2.20. The summed E-state index contributed by atoms with van der Waals surface area (Å²) in [6, 6.07) is 0. The van der Waals surface area contributed by atoms with Crippen LogP contribution in [0.25, 0.3) is 0 Å². The average molecular weight is 638 g/mol. The quantitative estimate of drug-likeness (QED) is 0.160. The Bertz CT molecular complexity index is 419. The first-order chi connectivity index (χ1) is 11.5. The Labute approximate surface area is 210 Å². The van der Waals surface area contributed by atoms with Crippen LogP contribution in [0.3, 0.4) is 0 Å². The van der Waals surface area contributed by atoms with Crippen LogP contribution in [0.4, 0.5) is 0 Å². The van der Waals surface area contributed by atoms with E-state index in [1.54, 1.807) is 0 Å². The van der Waals surface area contributed by atoms with Gasteiger partial charge in [-0.1, -0.05) is 69.6 Å². The zero-order valence-electron chi connectivity index (χ0n) is 12.0. The molecular formula is C9H9Cl12O4P. The summed E-state index contributed by atoms with van der Waals surface area (Å²) >= 11 is 68.3. The smallest absolute Gasteiger partial charge is 0.284 e. The van der Waals surface area contributed by atoms with Gasteiger partial charge in [-0.2, -0.15) is 0 Å². The van der Waals surface area contributed by atoms with E-state index in [1.807, 2.05) is 0 Å². The molecule has 0 fully saturated rings. The highest BCUT2D eigenvalue weighted by Crippen LogP contribution is 2.54. The summed E-state index contributed by atoms with van der Waals surface area (Å²) in [7, 11) is -4.49. The zero-order chi connectivity index (χ0) is 21.0. The fraction of sp³-hybridized carbons (Fsp3) is 1.00. The van der Waals surface area contributed by atoms with Crippen LogP contribution in [0.1, 0.15) is 0 Å². The molecular weight excluding hydrogens is 629 g/mol. The van der Waals surface area contributed by atoms with Gasteiger partial charge >= 0.3 is 7.82 Å². The van der Waals surface area contributed by atoms with Gasteiger partial charge in [-0.15, -0.1) is 69.6 Å². The average Bonchev–Trinajstić information content (AvgIpc) is 2.49. The molecule has 0 aromatic carbocycles. The molecule has 0 rings (SSSR count). The molecule has 0 unspecified atom stereocenters. The highest BCUT2D eigenvalue weighted by atomic mass is 35.6. The van der Waals surface area contributed by atoms with Crippen molar-refractivity contribution in [3.05, 3.63) is 0 Å². The molecule has 0 saturated heterocycles. The Kier molecular flexibility index (Phi) is 13.7. The molecule has 4 nitrogen and oxygen atoms in total. The molecule has 0 spiro atoms. The Morgan fingerprint density at radius 2 is 0.769 bits per heavy atom. The summed E-state index contributed by atoms with van der Waals surface area (Å²) in [6.45, 7) is -2.09. The number of alkyl halides is 12. The number of rotatable bonds is 12. The summed E-state index contributed by atoms with van der Waals surface area (Å²) in [5.74, 6) is 0. The van der Waals surface area contributed by atoms with Crippen molar-refractivity contribution in [3.63, 3.8) is 0 Å². The van der Waals surface area contributed by atoms with Crippen LogP contribution in [0.5, 0.6) is 0 Å². The summed E-state index contributed by atoms with van der Waals surface area (Å²) in [4.78, 5) is -3.95. The fourth-order valence-electron chi connectivity index (χ4n) is 0.796. The van der Waals surface area contributed by atoms with Gasteiger partial charge in [0.1, 0.15) is 14.5 Å². The lowest BCUT2D eigenvalue weighted by Gasteiger charge is -2.28. The molecule has 0 radical (unpaired) electrons. The van der Waals surface area contributed by atoms with Gasteiger partial charge in [0.15, 0.2) is 13.0 Å². The van der Waals surface area contributed by atoms with E-state index in [-0.39, 0.29) is 0 Å². The summed E-state index contributed by atoms with van der Waals surface area (Å²) < 4.78 is 22.1. The fourth-order valence-corrected chi connectivity index (χ4v) is 3.27. The molecule has 0 aliphatic carbocycles. The number of phosphoric acid groups is 1. The van der Waals surface area contributed by atoms with Gasteiger partial charge in [-0.25, -0.2) is 4.57 Å². The summed E-state index contributed by atoms with van der Waals surface area (Å²) in [6.07, 6.45) is 0. The van der Waals surface area contributed by atoms with Crippen LogP contribution in [0.15, 0.2) is 0 Å². The molecule has 0 aromatic heterocycles. The molecule has 17 heteroatoms. The Balaban J connectivity index is 5.23. The Morgan fingerprint density at radius 1 is 0.577 bits per heavy atom. The predicted octanol–water partition coefficient (Wildman–Crippen LogP) is 8.08. The molecule has 0 bridgehead atoms. The lowest BCUT2D eigenvalue weighted by Crippen LogP contribution is -2.32. The van der Waals surface area contributed by atoms with E-state index in [0.29, 0.717) is 0 Å². The first kappa shape index (κ1) is 29.6. The third kappa shape index (κ3) is 10.8. The lowest BCUT2D eigenvalue weighted by molar-refractivity contribution is 0.107. The molecule has 0 heterocycles.